The number of hydrogen-bond donors (Lipinski definition) is 1. The van der Waals surface area contributed by atoms with Gasteiger partial charge in [0.15, 0.2) is 0 Å². The van der Waals surface area contributed by atoms with Crippen LogP contribution in [-0.2, 0) is 0 Å². The molecule has 0 unspecified atom stereocenters. The third-order valence-electron chi connectivity index (χ3n) is 4.39. The number of hydrogen-bond acceptors (Lipinski definition) is 5. The maximum Gasteiger partial charge on any atom is 0.269 e. The van der Waals surface area contributed by atoms with Crippen LogP contribution in [0.1, 0.15) is 11.5 Å². The Balaban J connectivity index is 1.48. The second-order valence-electron chi connectivity index (χ2n) is 6.04. The maximum atomic E-state index is 10.6. The average Bonchev–Trinajstić information content (AvgIpc) is 2.97. The van der Waals surface area contributed by atoms with E-state index in [2.05, 4.69) is 17.0 Å². The van der Waals surface area contributed by atoms with Crippen molar-refractivity contribution in [2.24, 2.45) is 5.73 Å². The van der Waals surface area contributed by atoms with Crippen LogP contribution < -0.4 is 10.5 Å². The molecule has 3 rings (SSSR count). The summed E-state index contributed by atoms with van der Waals surface area (Å²) in [6, 6.07) is 16.6. The lowest BCUT2D eigenvalue weighted by Crippen LogP contribution is -2.30. The molecule has 0 amide bonds. The summed E-state index contributed by atoms with van der Waals surface area (Å²) in [6.07, 6.45) is 0. The van der Waals surface area contributed by atoms with Gasteiger partial charge in [-0.15, -0.1) is 0 Å². The summed E-state index contributed by atoms with van der Waals surface area (Å²) < 4.78 is 5.67. The summed E-state index contributed by atoms with van der Waals surface area (Å²) in [5, 5.41) is 10.6. The molecular formula is C18H21N3O3. The number of benzene rings is 2. The molecule has 0 saturated carbocycles. The molecule has 2 aromatic carbocycles. The van der Waals surface area contributed by atoms with E-state index in [-0.39, 0.29) is 11.7 Å². The minimum atomic E-state index is -0.418. The van der Waals surface area contributed by atoms with Gasteiger partial charge in [0.1, 0.15) is 12.4 Å². The topological polar surface area (TPSA) is 81.6 Å². The van der Waals surface area contributed by atoms with E-state index in [0.717, 1.165) is 19.6 Å². The van der Waals surface area contributed by atoms with Crippen LogP contribution >= 0.6 is 0 Å². The summed E-state index contributed by atoms with van der Waals surface area (Å²) in [5.74, 6) is 0.995. The molecule has 0 radical (unpaired) electrons. The van der Waals surface area contributed by atoms with E-state index in [1.807, 2.05) is 18.2 Å². The van der Waals surface area contributed by atoms with E-state index in [4.69, 9.17) is 10.5 Å². The Morgan fingerprint density at radius 1 is 1.12 bits per heavy atom. The van der Waals surface area contributed by atoms with Crippen molar-refractivity contribution in [1.82, 2.24) is 4.90 Å². The van der Waals surface area contributed by atoms with Gasteiger partial charge in [-0.25, -0.2) is 0 Å². The lowest BCUT2D eigenvalue weighted by atomic mass is 9.95. The largest absolute Gasteiger partial charge is 0.492 e. The van der Waals surface area contributed by atoms with E-state index in [1.54, 1.807) is 12.1 Å². The number of nitro benzene ring substituents is 1. The zero-order chi connectivity index (χ0) is 16.9. The normalized spacial score (nSPS) is 20.9. The summed E-state index contributed by atoms with van der Waals surface area (Å²) in [4.78, 5) is 12.5. The fourth-order valence-corrected chi connectivity index (χ4v) is 3.11. The number of ether oxygens (including phenoxy) is 1. The Labute approximate surface area is 141 Å². The fourth-order valence-electron chi connectivity index (χ4n) is 3.11. The van der Waals surface area contributed by atoms with Crippen LogP contribution in [0.5, 0.6) is 5.75 Å². The smallest absolute Gasteiger partial charge is 0.269 e. The summed E-state index contributed by atoms with van der Waals surface area (Å²) in [5.41, 5.74) is 7.63. The molecule has 6 heteroatoms. The van der Waals surface area contributed by atoms with Gasteiger partial charge < -0.3 is 10.5 Å². The molecule has 2 atom stereocenters. The van der Waals surface area contributed by atoms with Crippen LogP contribution in [0, 0.1) is 10.1 Å². The minimum Gasteiger partial charge on any atom is -0.492 e. The first-order valence-corrected chi connectivity index (χ1v) is 8.03. The monoisotopic (exact) mass is 327 g/mol. The van der Waals surface area contributed by atoms with Gasteiger partial charge in [0.25, 0.3) is 5.69 Å². The molecular weight excluding hydrogens is 306 g/mol. The number of non-ortho nitro benzene ring substituents is 1. The molecule has 0 bridgehead atoms. The minimum absolute atomic E-state index is 0.0681. The highest BCUT2D eigenvalue weighted by molar-refractivity contribution is 5.36. The third kappa shape index (κ3) is 3.90. The van der Waals surface area contributed by atoms with Crippen molar-refractivity contribution in [3.63, 3.8) is 0 Å². The molecule has 1 fully saturated rings. The Morgan fingerprint density at radius 3 is 2.50 bits per heavy atom. The fraction of sp³-hybridized carbons (Fsp3) is 0.333. The van der Waals surface area contributed by atoms with E-state index in [0.29, 0.717) is 18.3 Å². The van der Waals surface area contributed by atoms with Crippen molar-refractivity contribution < 1.29 is 9.66 Å². The highest BCUT2D eigenvalue weighted by Gasteiger charge is 2.30. The van der Waals surface area contributed by atoms with Gasteiger partial charge in [-0.2, -0.15) is 0 Å². The quantitative estimate of drug-likeness (QED) is 0.651. The van der Waals surface area contributed by atoms with E-state index in [9.17, 15) is 10.1 Å². The van der Waals surface area contributed by atoms with Gasteiger partial charge in [-0.05, 0) is 17.7 Å². The highest BCUT2D eigenvalue weighted by Crippen LogP contribution is 2.26. The summed E-state index contributed by atoms with van der Waals surface area (Å²) in [6.45, 7) is 3.10. The Morgan fingerprint density at radius 2 is 1.83 bits per heavy atom. The maximum absolute atomic E-state index is 10.6. The van der Waals surface area contributed by atoms with Crippen LogP contribution in [0.15, 0.2) is 54.6 Å². The van der Waals surface area contributed by atoms with Crippen molar-refractivity contribution >= 4 is 5.69 Å². The van der Waals surface area contributed by atoms with Gasteiger partial charge in [0, 0.05) is 43.7 Å². The molecule has 6 nitrogen and oxygen atoms in total. The molecule has 2 aromatic rings. The average molecular weight is 327 g/mol. The van der Waals surface area contributed by atoms with Gasteiger partial charge in [-0.3, -0.25) is 15.0 Å². The predicted molar refractivity (Wildman–Crippen MR) is 92.2 cm³/mol. The Kier molecular flexibility index (Phi) is 5.08. The number of likely N-dealkylation sites (tertiary alicyclic amines) is 1. The van der Waals surface area contributed by atoms with Crippen molar-refractivity contribution in [2.45, 2.75) is 12.0 Å². The molecule has 1 aliphatic rings. The van der Waals surface area contributed by atoms with Crippen LogP contribution in [0.25, 0.3) is 0 Å². The first-order chi connectivity index (χ1) is 11.6. The van der Waals surface area contributed by atoms with E-state index >= 15 is 0 Å². The van der Waals surface area contributed by atoms with E-state index < -0.39 is 4.92 Å². The first kappa shape index (κ1) is 16.4. The Hall–Kier alpha value is -2.44. The van der Waals surface area contributed by atoms with E-state index in [1.165, 1.54) is 17.7 Å². The lowest BCUT2D eigenvalue weighted by molar-refractivity contribution is -0.384. The predicted octanol–water partition coefficient (Wildman–Crippen LogP) is 2.40. The molecule has 0 aliphatic carbocycles. The zero-order valence-corrected chi connectivity index (χ0v) is 13.4. The van der Waals surface area contributed by atoms with Crippen molar-refractivity contribution in [3.05, 3.63) is 70.3 Å². The molecule has 126 valence electrons. The highest BCUT2D eigenvalue weighted by atomic mass is 16.6. The molecule has 0 spiro atoms. The number of nitro groups is 1. The summed E-state index contributed by atoms with van der Waals surface area (Å²) in [7, 11) is 0. The Bertz CT molecular complexity index is 676. The molecule has 1 heterocycles. The molecule has 24 heavy (non-hydrogen) atoms. The van der Waals surface area contributed by atoms with Crippen molar-refractivity contribution in [2.75, 3.05) is 26.2 Å². The zero-order valence-electron chi connectivity index (χ0n) is 13.4. The molecule has 1 saturated heterocycles. The third-order valence-corrected chi connectivity index (χ3v) is 4.39. The summed E-state index contributed by atoms with van der Waals surface area (Å²) >= 11 is 0. The van der Waals surface area contributed by atoms with Crippen LogP contribution in [0.3, 0.4) is 0 Å². The van der Waals surface area contributed by atoms with Crippen LogP contribution in [-0.4, -0.2) is 42.1 Å². The van der Waals surface area contributed by atoms with Gasteiger partial charge in [-0.1, -0.05) is 30.3 Å². The second-order valence-corrected chi connectivity index (χ2v) is 6.04. The lowest BCUT2D eigenvalue weighted by Gasteiger charge is -2.16. The van der Waals surface area contributed by atoms with Crippen molar-refractivity contribution in [3.8, 4) is 5.75 Å². The standard InChI is InChI=1S/C18H21N3O3/c19-18-13-20(12-17(18)14-4-2-1-3-5-14)10-11-24-16-8-6-15(7-9-16)21(22)23/h1-9,17-18H,10-13,19H2/t17-,18+/m0/s1. The second kappa shape index (κ2) is 7.42. The number of nitrogens with zero attached hydrogens (tertiary/aromatic N) is 2. The van der Waals surface area contributed by atoms with Crippen LogP contribution in [0.2, 0.25) is 0 Å². The van der Waals surface area contributed by atoms with Crippen LogP contribution in [0.4, 0.5) is 5.69 Å². The van der Waals surface area contributed by atoms with Gasteiger partial charge >= 0.3 is 0 Å². The van der Waals surface area contributed by atoms with Crippen molar-refractivity contribution in [1.29, 1.82) is 0 Å². The number of nitrogens with two attached hydrogens (primary N) is 1. The SMILES string of the molecule is N[C@@H]1CN(CCOc2ccc([N+](=O)[O-])cc2)C[C@H]1c1ccccc1. The molecule has 2 N–H and O–H groups in total. The van der Waals surface area contributed by atoms with Gasteiger partial charge in [0.05, 0.1) is 4.92 Å². The molecule has 0 aromatic heterocycles. The van der Waals surface area contributed by atoms with Gasteiger partial charge in [0.2, 0.25) is 0 Å². The molecule has 1 aliphatic heterocycles. The number of rotatable bonds is 6. The first-order valence-electron chi connectivity index (χ1n) is 8.03.